The highest BCUT2D eigenvalue weighted by Gasteiger charge is 2.40. The Morgan fingerprint density at radius 2 is 1.89 bits per heavy atom. The molecule has 2 atom stereocenters. The number of hydrogen-bond donors (Lipinski definition) is 0. The average molecular weight is 644 g/mol. The molecular formula is C34H34FN5O5S. The number of piperidine rings is 1. The van der Waals surface area contributed by atoms with E-state index in [-0.39, 0.29) is 17.9 Å². The highest BCUT2D eigenvalue weighted by molar-refractivity contribution is 8.00. The van der Waals surface area contributed by atoms with E-state index in [9.17, 15) is 14.0 Å². The number of thioether (sulfide) groups is 1. The lowest BCUT2D eigenvalue weighted by molar-refractivity contribution is -0.116. The van der Waals surface area contributed by atoms with Gasteiger partial charge in [-0.15, -0.1) is 11.8 Å². The van der Waals surface area contributed by atoms with Gasteiger partial charge in [0.25, 0.3) is 0 Å². The van der Waals surface area contributed by atoms with Crippen LogP contribution >= 0.6 is 11.8 Å². The summed E-state index contributed by atoms with van der Waals surface area (Å²) in [5.41, 5.74) is 4.11. The van der Waals surface area contributed by atoms with Gasteiger partial charge in [-0.3, -0.25) is 19.6 Å². The summed E-state index contributed by atoms with van der Waals surface area (Å²) in [7, 11) is 3.15. The predicted octanol–water partition coefficient (Wildman–Crippen LogP) is 5.31. The molecule has 2 aromatic heterocycles. The highest BCUT2D eigenvalue weighted by Crippen LogP contribution is 2.40. The summed E-state index contributed by atoms with van der Waals surface area (Å²) in [5.74, 6) is 1.32. The van der Waals surface area contributed by atoms with Crippen LogP contribution in [-0.4, -0.2) is 79.1 Å². The first-order valence-electron chi connectivity index (χ1n) is 15.3. The zero-order valence-corrected chi connectivity index (χ0v) is 26.5. The minimum absolute atomic E-state index is 0.0219. The van der Waals surface area contributed by atoms with E-state index in [4.69, 9.17) is 14.2 Å². The van der Waals surface area contributed by atoms with E-state index < -0.39 is 11.9 Å². The van der Waals surface area contributed by atoms with Gasteiger partial charge in [0.05, 0.1) is 49.4 Å². The largest absolute Gasteiger partial charge is 0.497 e. The number of rotatable bonds is 8. The van der Waals surface area contributed by atoms with Crippen molar-refractivity contribution in [3.05, 3.63) is 77.7 Å². The zero-order chi connectivity index (χ0) is 31.8. The number of benzene rings is 2. The van der Waals surface area contributed by atoms with Crippen LogP contribution in [0.3, 0.4) is 0 Å². The number of carbonyl (C=O) groups excluding carboxylic acids is 2. The Morgan fingerprint density at radius 3 is 2.70 bits per heavy atom. The number of halogens is 1. The standard InChI is InChI=1S/C34H34FN5O5S/c1-43-24-6-3-21(4-7-24)17-40-28-15-23(5-9-30(28)46-20-32(40)41)39-18-22-11-13-38(19-29(22)45-34(39)42)14-12-25-26(35)16-36-27-8-10-31(44-2)37-33(25)27/h3-10,15-16,22,29H,11-14,17-20H2,1-2H3/t22-,29+/m1/s1. The van der Waals surface area contributed by atoms with Crippen molar-refractivity contribution < 1.29 is 28.2 Å². The molecule has 0 unspecified atom stereocenters. The molecule has 0 spiro atoms. The number of pyridine rings is 2. The van der Waals surface area contributed by atoms with E-state index >= 15 is 0 Å². The lowest BCUT2D eigenvalue weighted by atomic mass is 9.91. The van der Waals surface area contributed by atoms with Gasteiger partial charge in [-0.2, -0.15) is 0 Å². The smallest absolute Gasteiger partial charge is 0.414 e. The molecule has 46 heavy (non-hydrogen) atoms. The molecule has 0 bridgehead atoms. The monoisotopic (exact) mass is 643 g/mol. The fourth-order valence-electron chi connectivity index (χ4n) is 6.43. The number of amides is 2. The van der Waals surface area contributed by atoms with E-state index in [1.54, 1.807) is 29.0 Å². The van der Waals surface area contributed by atoms with Crippen molar-refractivity contribution in [2.24, 2.45) is 5.92 Å². The molecule has 0 aliphatic carbocycles. The molecule has 0 radical (unpaired) electrons. The molecule has 2 fully saturated rings. The Morgan fingerprint density at radius 1 is 1.04 bits per heavy atom. The molecule has 2 saturated heterocycles. The molecule has 238 valence electrons. The molecule has 2 amide bonds. The van der Waals surface area contributed by atoms with Crippen LogP contribution in [0, 0.1) is 11.7 Å². The molecule has 7 rings (SSSR count). The Bertz CT molecular complexity index is 1790. The predicted molar refractivity (Wildman–Crippen MR) is 173 cm³/mol. The van der Waals surface area contributed by atoms with Crippen LogP contribution < -0.4 is 19.3 Å². The normalized spacial score (nSPS) is 19.9. The topological polar surface area (TPSA) is 97.3 Å². The molecule has 0 N–H and O–H groups in total. The van der Waals surface area contributed by atoms with Crippen LogP contribution in [-0.2, 0) is 22.5 Å². The van der Waals surface area contributed by atoms with Gasteiger partial charge in [0.2, 0.25) is 11.8 Å². The maximum absolute atomic E-state index is 14.9. The molecule has 4 aromatic rings. The number of likely N-dealkylation sites (tertiary alicyclic amines) is 1. The van der Waals surface area contributed by atoms with Gasteiger partial charge in [0, 0.05) is 47.8 Å². The Hall–Kier alpha value is -4.42. The number of hydrogen-bond acceptors (Lipinski definition) is 9. The molecule has 2 aromatic carbocycles. The van der Waals surface area contributed by atoms with Gasteiger partial charge >= 0.3 is 6.09 Å². The molecule has 0 saturated carbocycles. The second kappa shape index (κ2) is 12.8. The van der Waals surface area contributed by atoms with Crippen molar-refractivity contribution in [1.82, 2.24) is 14.9 Å². The fourth-order valence-corrected chi connectivity index (χ4v) is 7.35. The van der Waals surface area contributed by atoms with Crippen molar-refractivity contribution in [3.8, 4) is 11.6 Å². The van der Waals surface area contributed by atoms with E-state index in [1.165, 1.54) is 25.1 Å². The zero-order valence-electron chi connectivity index (χ0n) is 25.6. The first-order chi connectivity index (χ1) is 22.4. The van der Waals surface area contributed by atoms with Crippen LogP contribution in [0.2, 0.25) is 0 Å². The van der Waals surface area contributed by atoms with Crippen LogP contribution in [0.25, 0.3) is 11.0 Å². The van der Waals surface area contributed by atoms with Crippen molar-refractivity contribution in [2.75, 3.05) is 56.0 Å². The number of carbonyl (C=O) groups is 2. The van der Waals surface area contributed by atoms with Crippen molar-refractivity contribution in [1.29, 1.82) is 0 Å². The minimum atomic E-state index is -0.401. The fraction of sp³-hybridized carbons (Fsp3) is 0.353. The van der Waals surface area contributed by atoms with E-state index in [0.717, 1.165) is 34.9 Å². The summed E-state index contributed by atoms with van der Waals surface area (Å²) in [6.45, 7) is 2.94. The highest BCUT2D eigenvalue weighted by atomic mass is 32.2. The van der Waals surface area contributed by atoms with Crippen LogP contribution in [0.1, 0.15) is 17.5 Å². The number of methoxy groups -OCH3 is 2. The summed E-state index contributed by atoms with van der Waals surface area (Å²) in [6, 6.07) is 17.0. The maximum atomic E-state index is 14.9. The third-order valence-corrected chi connectivity index (χ3v) is 10.0. The number of anilines is 2. The van der Waals surface area contributed by atoms with Gasteiger partial charge < -0.3 is 19.1 Å². The van der Waals surface area contributed by atoms with Crippen LogP contribution in [0.15, 0.2) is 65.7 Å². The van der Waals surface area contributed by atoms with Gasteiger partial charge in [0.1, 0.15) is 17.7 Å². The summed E-state index contributed by atoms with van der Waals surface area (Å²) < 4.78 is 31.4. The quantitative estimate of drug-likeness (QED) is 0.253. The van der Waals surface area contributed by atoms with Gasteiger partial charge in [0.15, 0.2) is 0 Å². The molecule has 12 heteroatoms. The Balaban J connectivity index is 1.03. The van der Waals surface area contributed by atoms with E-state index in [0.29, 0.717) is 66.5 Å². The van der Waals surface area contributed by atoms with Gasteiger partial charge in [-0.05, 0) is 61.3 Å². The summed E-state index contributed by atoms with van der Waals surface area (Å²) >= 11 is 1.51. The minimum Gasteiger partial charge on any atom is -0.497 e. The van der Waals surface area contributed by atoms with Crippen LogP contribution in [0.5, 0.6) is 11.6 Å². The van der Waals surface area contributed by atoms with Crippen molar-refractivity contribution >= 4 is 46.2 Å². The lowest BCUT2D eigenvalue weighted by Gasteiger charge is -2.44. The average Bonchev–Trinajstić information content (AvgIpc) is 3.08. The van der Waals surface area contributed by atoms with Crippen molar-refractivity contribution in [3.63, 3.8) is 0 Å². The molecule has 10 nitrogen and oxygen atoms in total. The number of ether oxygens (including phenoxy) is 3. The number of aromatic nitrogens is 2. The summed E-state index contributed by atoms with van der Waals surface area (Å²) in [5, 5.41) is 0. The first kappa shape index (κ1) is 30.2. The van der Waals surface area contributed by atoms with E-state index in [1.807, 2.05) is 42.5 Å². The Kier molecular flexibility index (Phi) is 8.39. The third kappa shape index (κ3) is 5.94. The van der Waals surface area contributed by atoms with E-state index in [2.05, 4.69) is 14.9 Å². The number of fused-ring (bicyclic) bond motifs is 3. The molecule has 5 heterocycles. The molecule has 3 aliphatic heterocycles. The number of nitrogens with zero attached hydrogens (tertiary/aromatic N) is 5. The molecular weight excluding hydrogens is 609 g/mol. The molecule has 3 aliphatic rings. The first-order valence-corrected chi connectivity index (χ1v) is 16.3. The summed E-state index contributed by atoms with van der Waals surface area (Å²) in [6.07, 6.45) is 1.87. The second-order valence-electron chi connectivity index (χ2n) is 11.7. The third-order valence-electron chi connectivity index (χ3n) is 8.99. The summed E-state index contributed by atoms with van der Waals surface area (Å²) in [4.78, 5) is 41.7. The second-order valence-corrected chi connectivity index (χ2v) is 12.7. The Labute approximate surface area is 270 Å². The van der Waals surface area contributed by atoms with Crippen LogP contribution in [0.4, 0.5) is 20.6 Å². The van der Waals surface area contributed by atoms with Crippen molar-refractivity contribution in [2.45, 2.75) is 30.4 Å². The van der Waals surface area contributed by atoms with Gasteiger partial charge in [-0.25, -0.2) is 14.2 Å². The SMILES string of the molecule is COc1ccc(CN2C(=O)CSc3ccc(N4C[C@H]5CCN(CCc6c(F)cnc7ccc(OC)nc67)C[C@@H]5OC4=O)cc32)cc1. The maximum Gasteiger partial charge on any atom is 0.414 e. The lowest BCUT2D eigenvalue weighted by Crippen LogP contribution is -2.56. The van der Waals surface area contributed by atoms with Gasteiger partial charge in [-0.1, -0.05) is 12.1 Å².